The summed E-state index contributed by atoms with van der Waals surface area (Å²) in [5.41, 5.74) is 0. The maximum Gasteiger partial charge on any atom is 0.469 e. The Balaban J connectivity index is 3.99. The molecule has 1 atom stereocenters. The molecule has 0 heterocycles. The second kappa shape index (κ2) is 38.5. The fraction of sp³-hybridized carbons (Fsp3) is 0.721. The molecule has 0 aromatic rings. The second-order valence-corrected chi connectivity index (χ2v) is 14.8. The molecule has 0 unspecified atom stereocenters. The number of ether oxygens (including phenoxy) is 2. The second-order valence-electron chi connectivity index (χ2n) is 13.6. The molecule has 0 aliphatic heterocycles. The predicted molar refractivity (Wildman–Crippen MR) is 216 cm³/mol. The number of carbonyl (C=O) groups excluding carboxylic acids is 2. The van der Waals surface area contributed by atoms with Crippen LogP contribution in [0.5, 0.6) is 0 Å². The molecule has 9 heteroatoms. The Morgan fingerprint density at radius 2 is 0.904 bits per heavy atom. The third kappa shape index (κ3) is 40.5. The smallest absolute Gasteiger partial charge is 0.462 e. The lowest BCUT2D eigenvalue weighted by Crippen LogP contribution is -2.29. The Morgan fingerprint density at radius 1 is 0.500 bits per heavy atom. The Kier molecular flexibility index (Phi) is 36.8. The molecule has 0 rings (SSSR count). The monoisotopic (exact) mass is 751 g/mol. The van der Waals surface area contributed by atoms with E-state index >= 15 is 0 Å². The van der Waals surface area contributed by atoms with Crippen molar-refractivity contribution in [3.63, 3.8) is 0 Å². The number of phosphoric ester groups is 1. The van der Waals surface area contributed by atoms with Crippen LogP contribution in [0.1, 0.15) is 181 Å². The third-order valence-corrected chi connectivity index (χ3v) is 8.98. The first-order chi connectivity index (χ1) is 25.3. The minimum atomic E-state index is -4.76. The third-order valence-electron chi connectivity index (χ3n) is 8.49. The Labute approximate surface area is 317 Å². The minimum absolute atomic E-state index is 0.172. The standard InChI is InChI=1S/C43H75O8P/c1-3-5-7-9-11-13-15-17-19-21-23-25-27-29-31-33-35-37-42(44)49-39-41(40-50-52(46,47)48)51-43(45)38-36-34-32-30-28-26-24-22-20-18-16-14-12-10-8-6-4-2/h8,10,13-16,20,22,26,28,41H,3-7,9,11-12,17-19,21,23-25,27,29-40H2,1-2H3,(H2,46,47,48)/b10-8+,15-13+,16-14+,22-20+,28-26+/t41-/m1/s1. The van der Waals surface area contributed by atoms with E-state index in [2.05, 4.69) is 79.1 Å². The van der Waals surface area contributed by atoms with E-state index in [0.717, 1.165) is 64.2 Å². The lowest BCUT2D eigenvalue weighted by Gasteiger charge is -2.18. The SMILES string of the molecule is CCC/C=C/C/C=C/C/C=C/C/C=C/CCCCCC(=O)O[C@H](COC(=O)CCCCCCCCCCC/C=C/CCCCCC)COP(=O)(O)O. The highest BCUT2D eigenvalue weighted by molar-refractivity contribution is 7.46. The van der Waals surface area contributed by atoms with Crippen molar-refractivity contribution in [2.24, 2.45) is 0 Å². The zero-order valence-electron chi connectivity index (χ0n) is 32.9. The molecule has 0 aliphatic rings. The highest BCUT2D eigenvalue weighted by Crippen LogP contribution is 2.36. The summed E-state index contributed by atoms with van der Waals surface area (Å²) in [6.45, 7) is 3.57. The molecule has 52 heavy (non-hydrogen) atoms. The van der Waals surface area contributed by atoms with Crippen LogP contribution >= 0.6 is 7.82 Å². The number of hydrogen-bond donors (Lipinski definition) is 2. The van der Waals surface area contributed by atoms with Crippen LogP contribution in [0.3, 0.4) is 0 Å². The maximum atomic E-state index is 12.4. The highest BCUT2D eigenvalue weighted by Gasteiger charge is 2.22. The van der Waals surface area contributed by atoms with Gasteiger partial charge < -0.3 is 19.3 Å². The van der Waals surface area contributed by atoms with Crippen molar-refractivity contribution in [2.45, 2.75) is 187 Å². The molecular weight excluding hydrogens is 675 g/mol. The normalized spacial score (nSPS) is 13.1. The first-order valence-corrected chi connectivity index (χ1v) is 22.1. The van der Waals surface area contributed by atoms with E-state index in [1.165, 1.54) is 77.0 Å². The van der Waals surface area contributed by atoms with Gasteiger partial charge in [-0.3, -0.25) is 14.1 Å². The van der Waals surface area contributed by atoms with Crippen LogP contribution < -0.4 is 0 Å². The van der Waals surface area contributed by atoms with Gasteiger partial charge in [-0.1, -0.05) is 152 Å². The van der Waals surface area contributed by atoms with Gasteiger partial charge in [0.25, 0.3) is 0 Å². The average molecular weight is 751 g/mol. The number of phosphoric acid groups is 1. The molecule has 2 N–H and O–H groups in total. The number of unbranched alkanes of at least 4 members (excludes halogenated alkanes) is 17. The van der Waals surface area contributed by atoms with Gasteiger partial charge in [0.2, 0.25) is 0 Å². The van der Waals surface area contributed by atoms with E-state index in [0.29, 0.717) is 12.8 Å². The zero-order chi connectivity index (χ0) is 38.2. The molecule has 0 bridgehead atoms. The Bertz CT molecular complexity index is 1030. The number of hydrogen-bond acceptors (Lipinski definition) is 6. The number of rotatable bonds is 37. The van der Waals surface area contributed by atoms with Crippen LogP contribution in [0.15, 0.2) is 60.8 Å². The fourth-order valence-corrected chi connectivity index (χ4v) is 5.78. The van der Waals surface area contributed by atoms with E-state index in [9.17, 15) is 14.2 Å². The molecule has 0 saturated carbocycles. The Hall–Kier alpha value is -2.25. The summed E-state index contributed by atoms with van der Waals surface area (Å²) in [4.78, 5) is 42.8. The first kappa shape index (κ1) is 49.8. The highest BCUT2D eigenvalue weighted by atomic mass is 31.2. The van der Waals surface area contributed by atoms with Crippen molar-refractivity contribution in [1.82, 2.24) is 0 Å². The molecule has 0 radical (unpaired) electrons. The van der Waals surface area contributed by atoms with Gasteiger partial charge in [-0.25, -0.2) is 4.57 Å². The molecule has 0 aromatic carbocycles. The van der Waals surface area contributed by atoms with Gasteiger partial charge in [0.15, 0.2) is 6.10 Å². The molecule has 0 aromatic heterocycles. The van der Waals surface area contributed by atoms with Crippen LogP contribution in [-0.4, -0.2) is 41.0 Å². The van der Waals surface area contributed by atoms with Crippen molar-refractivity contribution < 1.29 is 37.9 Å². The van der Waals surface area contributed by atoms with E-state index in [1.807, 2.05) is 0 Å². The first-order valence-electron chi connectivity index (χ1n) is 20.6. The molecule has 300 valence electrons. The van der Waals surface area contributed by atoms with Gasteiger partial charge in [-0.15, -0.1) is 0 Å². The quantitative estimate of drug-likeness (QED) is 0.0279. The van der Waals surface area contributed by atoms with Crippen molar-refractivity contribution >= 4 is 19.8 Å². The van der Waals surface area contributed by atoms with Gasteiger partial charge in [-0.2, -0.15) is 0 Å². The van der Waals surface area contributed by atoms with E-state index in [1.54, 1.807) is 0 Å². The summed E-state index contributed by atoms with van der Waals surface area (Å²) in [7, 11) is -4.76. The van der Waals surface area contributed by atoms with Gasteiger partial charge >= 0.3 is 19.8 Å². The summed E-state index contributed by atoms with van der Waals surface area (Å²) in [6, 6.07) is 0. The van der Waals surface area contributed by atoms with Crippen molar-refractivity contribution in [3.05, 3.63) is 60.8 Å². The lowest BCUT2D eigenvalue weighted by molar-refractivity contribution is -0.161. The topological polar surface area (TPSA) is 119 Å². The van der Waals surface area contributed by atoms with Gasteiger partial charge in [0, 0.05) is 12.8 Å². The lowest BCUT2D eigenvalue weighted by atomic mass is 10.1. The van der Waals surface area contributed by atoms with Crippen LogP contribution in [0, 0.1) is 0 Å². The Morgan fingerprint density at radius 3 is 1.40 bits per heavy atom. The molecular formula is C43H75O8P. The minimum Gasteiger partial charge on any atom is -0.462 e. The van der Waals surface area contributed by atoms with Crippen molar-refractivity contribution in [3.8, 4) is 0 Å². The average Bonchev–Trinajstić information content (AvgIpc) is 3.11. The van der Waals surface area contributed by atoms with Gasteiger partial charge in [0.05, 0.1) is 6.61 Å². The number of allylic oxidation sites excluding steroid dienone is 10. The van der Waals surface area contributed by atoms with Crippen LogP contribution in [-0.2, 0) is 28.2 Å². The maximum absolute atomic E-state index is 12.4. The summed E-state index contributed by atoms with van der Waals surface area (Å²) < 4.78 is 26.3. The van der Waals surface area contributed by atoms with Gasteiger partial charge in [0.1, 0.15) is 6.61 Å². The zero-order valence-corrected chi connectivity index (χ0v) is 33.8. The molecule has 0 amide bonds. The predicted octanol–water partition coefficient (Wildman–Crippen LogP) is 12.5. The van der Waals surface area contributed by atoms with Crippen LogP contribution in [0.2, 0.25) is 0 Å². The summed E-state index contributed by atoms with van der Waals surface area (Å²) in [5, 5.41) is 0. The summed E-state index contributed by atoms with van der Waals surface area (Å²) >= 11 is 0. The molecule has 0 saturated heterocycles. The molecule has 0 fully saturated rings. The van der Waals surface area contributed by atoms with Crippen LogP contribution in [0.25, 0.3) is 0 Å². The molecule has 0 spiro atoms. The molecule has 0 aliphatic carbocycles. The van der Waals surface area contributed by atoms with Crippen molar-refractivity contribution in [1.29, 1.82) is 0 Å². The van der Waals surface area contributed by atoms with E-state index in [-0.39, 0.29) is 19.4 Å². The van der Waals surface area contributed by atoms with Crippen LogP contribution in [0.4, 0.5) is 0 Å². The molecule has 8 nitrogen and oxygen atoms in total. The summed E-state index contributed by atoms with van der Waals surface area (Å²) in [5.74, 6) is -0.925. The van der Waals surface area contributed by atoms with Gasteiger partial charge in [-0.05, 0) is 77.0 Å². The fourth-order valence-electron chi connectivity index (χ4n) is 5.42. The largest absolute Gasteiger partial charge is 0.469 e. The number of carbonyl (C=O) groups is 2. The van der Waals surface area contributed by atoms with E-state index in [4.69, 9.17) is 19.3 Å². The van der Waals surface area contributed by atoms with Crippen molar-refractivity contribution in [2.75, 3.05) is 13.2 Å². The van der Waals surface area contributed by atoms with E-state index < -0.39 is 32.5 Å². The summed E-state index contributed by atoms with van der Waals surface area (Å²) in [6.07, 6.45) is 47.9. The number of esters is 2.